The molecule has 1 aromatic rings. The van der Waals surface area contributed by atoms with Crippen molar-refractivity contribution < 1.29 is 19.4 Å². The van der Waals surface area contributed by atoms with E-state index in [1.807, 2.05) is 30.3 Å². The van der Waals surface area contributed by atoms with Crippen molar-refractivity contribution in [2.75, 3.05) is 13.2 Å². The molecule has 1 rings (SSSR count). The molecule has 0 heterocycles. The highest BCUT2D eigenvalue weighted by atomic mass is 16.5. The molecule has 0 fully saturated rings. The van der Waals surface area contributed by atoms with Crippen molar-refractivity contribution in [3.8, 4) is 0 Å². The minimum Gasteiger partial charge on any atom is -0.464 e. The molecule has 122 valence electrons. The van der Waals surface area contributed by atoms with Crippen molar-refractivity contribution >= 4 is 11.9 Å². The molecule has 0 saturated carbocycles. The van der Waals surface area contributed by atoms with Crippen LogP contribution in [0.1, 0.15) is 32.3 Å². The van der Waals surface area contributed by atoms with Crippen LogP contribution in [-0.2, 0) is 20.7 Å². The summed E-state index contributed by atoms with van der Waals surface area (Å²) in [6.45, 7) is 3.75. The molecule has 1 aromatic carbocycles. The molecule has 2 atom stereocenters. The van der Waals surface area contributed by atoms with E-state index >= 15 is 0 Å². The van der Waals surface area contributed by atoms with E-state index in [9.17, 15) is 9.59 Å². The smallest absolute Gasteiger partial charge is 0.328 e. The van der Waals surface area contributed by atoms with Crippen LogP contribution >= 0.6 is 0 Å². The van der Waals surface area contributed by atoms with Gasteiger partial charge in [-0.25, -0.2) is 4.79 Å². The Balaban J connectivity index is 2.59. The Morgan fingerprint density at radius 1 is 1.27 bits per heavy atom. The Morgan fingerprint density at radius 3 is 2.55 bits per heavy atom. The molecule has 0 aliphatic heterocycles. The van der Waals surface area contributed by atoms with Crippen molar-refractivity contribution in [3.05, 3.63) is 35.9 Å². The van der Waals surface area contributed by atoms with Crippen LogP contribution in [0.3, 0.4) is 0 Å². The van der Waals surface area contributed by atoms with Gasteiger partial charge in [-0.2, -0.15) is 0 Å². The number of aryl methyl sites for hydroxylation is 1. The highest BCUT2D eigenvalue weighted by Gasteiger charge is 2.22. The lowest BCUT2D eigenvalue weighted by atomic mass is 10.0. The van der Waals surface area contributed by atoms with E-state index in [1.165, 1.54) is 0 Å². The number of esters is 1. The lowest BCUT2D eigenvalue weighted by molar-refractivity contribution is -0.147. The Morgan fingerprint density at radius 2 is 1.95 bits per heavy atom. The predicted octanol–water partition coefficient (Wildman–Crippen LogP) is 1.69. The average molecular weight is 307 g/mol. The van der Waals surface area contributed by atoms with E-state index in [-0.39, 0.29) is 31.5 Å². The molecule has 0 aliphatic rings. The molecule has 0 aliphatic carbocycles. The Bertz CT molecular complexity index is 461. The van der Waals surface area contributed by atoms with Crippen LogP contribution < -0.4 is 5.32 Å². The second kappa shape index (κ2) is 9.95. The first kappa shape index (κ1) is 18.2. The first-order chi connectivity index (χ1) is 10.6. The minimum atomic E-state index is -0.654. The first-order valence-electron chi connectivity index (χ1n) is 7.67. The van der Waals surface area contributed by atoms with Crippen molar-refractivity contribution in [2.45, 2.75) is 39.2 Å². The molecule has 0 bridgehead atoms. The molecule has 0 aromatic heterocycles. The average Bonchev–Trinajstić information content (AvgIpc) is 2.52. The second-order valence-electron chi connectivity index (χ2n) is 5.39. The molecular weight excluding hydrogens is 282 g/mol. The number of carbonyl (C=O) groups excluding carboxylic acids is 2. The minimum absolute atomic E-state index is 0.0541. The van der Waals surface area contributed by atoms with Gasteiger partial charge in [-0.05, 0) is 31.2 Å². The predicted molar refractivity (Wildman–Crippen MR) is 84.2 cm³/mol. The summed E-state index contributed by atoms with van der Waals surface area (Å²) in [6, 6.07) is 9.13. The normalized spacial score (nSPS) is 13.2. The van der Waals surface area contributed by atoms with Crippen LogP contribution in [-0.4, -0.2) is 36.2 Å². The fraction of sp³-hybridized carbons (Fsp3) is 0.529. The monoisotopic (exact) mass is 307 g/mol. The summed E-state index contributed by atoms with van der Waals surface area (Å²) in [5.74, 6) is -0.784. The van der Waals surface area contributed by atoms with Gasteiger partial charge in [0.05, 0.1) is 6.61 Å². The highest BCUT2D eigenvalue weighted by molar-refractivity contribution is 5.84. The Hall–Kier alpha value is -1.88. The molecule has 0 spiro atoms. The summed E-state index contributed by atoms with van der Waals surface area (Å²) in [7, 11) is 0. The molecule has 2 N–H and O–H groups in total. The molecule has 22 heavy (non-hydrogen) atoms. The van der Waals surface area contributed by atoms with Gasteiger partial charge in [0.25, 0.3) is 0 Å². The number of rotatable bonds is 9. The molecule has 1 amide bonds. The Kier molecular flexibility index (Phi) is 8.22. The van der Waals surface area contributed by atoms with E-state index < -0.39 is 12.0 Å². The maximum Gasteiger partial charge on any atom is 0.328 e. The molecule has 5 nitrogen and oxygen atoms in total. The largest absolute Gasteiger partial charge is 0.464 e. The van der Waals surface area contributed by atoms with E-state index in [4.69, 9.17) is 9.84 Å². The third-order valence-electron chi connectivity index (χ3n) is 3.32. The summed E-state index contributed by atoms with van der Waals surface area (Å²) in [4.78, 5) is 23.9. The summed E-state index contributed by atoms with van der Waals surface area (Å²) in [6.07, 6.45) is 1.36. The van der Waals surface area contributed by atoms with Gasteiger partial charge < -0.3 is 15.2 Å². The number of aliphatic hydroxyl groups excluding tert-OH is 1. The number of nitrogens with one attached hydrogen (secondary N) is 1. The fourth-order valence-electron chi connectivity index (χ4n) is 2.08. The standard InChI is InChI=1S/C17H25NO4/c1-3-22-17(21)15(18-16(20)11-13(2)12-19)10-9-14-7-5-4-6-8-14/h4-8,13,15,19H,3,9-12H2,1-2H3,(H,18,20)/t13?,15-/m1/s1. The van der Waals surface area contributed by atoms with Crippen LogP contribution in [0.25, 0.3) is 0 Å². The van der Waals surface area contributed by atoms with Gasteiger partial charge >= 0.3 is 5.97 Å². The number of aliphatic hydroxyl groups is 1. The van der Waals surface area contributed by atoms with Crippen LogP contribution in [0, 0.1) is 5.92 Å². The van der Waals surface area contributed by atoms with Crippen LogP contribution in [0.5, 0.6) is 0 Å². The zero-order valence-corrected chi connectivity index (χ0v) is 13.2. The van der Waals surface area contributed by atoms with E-state index in [0.29, 0.717) is 12.8 Å². The maximum absolute atomic E-state index is 12.0. The fourth-order valence-corrected chi connectivity index (χ4v) is 2.08. The van der Waals surface area contributed by atoms with Gasteiger partial charge in [-0.3, -0.25) is 4.79 Å². The second-order valence-corrected chi connectivity index (χ2v) is 5.39. The van der Waals surface area contributed by atoms with Gasteiger partial charge in [-0.1, -0.05) is 37.3 Å². The number of hydrogen-bond acceptors (Lipinski definition) is 4. The van der Waals surface area contributed by atoms with Gasteiger partial charge in [0, 0.05) is 13.0 Å². The third kappa shape index (κ3) is 6.72. The maximum atomic E-state index is 12.0. The van der Waals surface area contributed by atoms with Crippen LogP contribution in [0.2, 0.25) is 0 Å². The quantitative estimate of drug-likeness (QED) is 0.681. The summed E-state index contributed by atoms with van der Waals surface area (Å²) >= 11 is 0. The van der Waals surface area contributed by atoms with Crippen LogP contribution in [0.4, 0.5) is 0 Å². The zero-order valence-electron chi connectivity index (χ0n) is 13.2. The molecule has 1 unspecified atom stereocenters. The third-order valence-corrected chi connectivity index (χ3v) is 3.32. The lowest BCUT2D eigenvalue weighted by Crippen LogP contribution is -2.42. The SMILES string of the molecule is CCOC(=O)[C@@H](CCc1ccccc1)NC(=O)CC(C)CO. The Labute approximate surface area is 131 Å². The number of carbonyl (C=O) groups is 2. The van der Waals surface area contributed by atoms with E-state index in [2.05, 4.69) is 5.32 Å². The van der Waals surface area contributed by atoms with Crippen molar-refractivity contribution in [3.63, 3.8) is 0 Å². The van der Waals surface area contributed by atoms with Crippen molar-refractivity contribution in [1.82, 2.24) is 5.32 Å². The number of amides is 1. The zero-order chi connectivity index (χ0) is 16.4. The van der Waals surface area contributed by atoms with E-state index in [1.54, 1.807) is 13.8 Å². The molecule has 0 radical (unpaired) electrons. The lowest BCUT2D eigenvalue weighted by Gasteiger charge is -2.18. The van der Waals surface area contributed by atoms with Crippen LogP contribution in [0.15, 0.2) is 30.3 Å². The van der Waals surface area contributed by atoms with Gasteiger partial charge in [0.1, 0.15) is 6.04 Å². The summed E-state index contributed by atoms with van der Waals surface area (Å²) < 4.78 is 5.02. The first-order valence-corrected chi connectivity index (χ1v) is 7.67. The topological polar surface area (TPSA) is 75.6 Å². The number of benzene rings is 1. The number of hydrogen-bond donors (Lipinski definition) is 2. The van der Waals surface area contributed by atoms with Crippen molar-refractivity contribution in [1.29, 1.82) is 0 Å². The summed E-state index contributed by atoms with van der Waals surface area (Å²) in [5.41, 5.74) is 1.11. The van der Waals surface area contributed by atoms with E-state index in [0.717, 1.165) is 5.56 Å². The highest BCUT2D eigenvalue weighted by Crippen LogP contribution is 2.08. The van der Waals surface area contributed by atoms with Crippen molar-refractivity contribution in [2.24, 2.45) is 5.92 Å². The van der Waals surface area contributed by atoms with Gasteiger partial charge in [-0.15, -0.1) is 0 Å². The van der Waals surface area contributed by atoms with Gasteiger partial charge in [0.15, 0.2) is 0 Å². The molecular formula is C17H25NO4. The summed E-state index contributed by atoms with van der Waals surface area (Å²) in [5, 5.41) is 11.7. The van der Waals surface area contributed by atoms with Gasteiger partial charge in [0.2, 0.25) is 5.91 Å². The number of ether oxygens (including phenoxy) is 1. The molecule has 0 saturated heterocycles. The molecule has 5 heteroatoms.